The molecular formula is C11H8ClNO. The number of aromatic nitrogens is 1. The van der Waals surface area contributed by atoms with E-state index in [2.05, 4.69) is 0 Å². The Hall–Kier alpha value is -1.54. The summed E-state index contributed by atoms with van der Waals surface area (Å²) in [7, 11) is 0. The zero-order valence-electron chi connectivity index (χ0n) is 7.35. The summed E-state index contributed by atoms with van der Waals surface area (Å²) in [6.45, 7) is 0. The average Bonchev–Trinajstić information content (AvgIpc) is 2.70. The van der Waals surface area contributed by atoms with Crippen molar-refractivity contribution in [3.8, 4) is 5.69 Å². The number of halogens is 1. The van der Waals surface area contributed by atoms with Crippen LogP contribution in [-0.2, 0) is 0 Å². The highest BCUT2D eigenvalue weighted by molar-refractivity contribution is 6.32. The van der Waals surface area contributed by atoms with Crippen LogP contribution < -0.4 is 0 Å². The fraction of sp³-hybridized carbons (Fsp3) is 0. The van der Waals surface area contributed by atoms with Crippen LogP contribution in [-0.4, -0.2) is 10.9 Å². The van der Waals surface area contributed by atoms with E-state index in [0.717, 1.165) is 12.0 Å². The van der Waals surface area contributed by atoms with Crippen LogP contribution in [0.1, 0.15) is 10.4 Å². The number of hydrogen-bond donors (Lipinski definition) is 0. The molecule has 0 aliphatic rings. The van der Waals surface area contributed by atoms with Gasteiger partial charge in [0.05, 0.1) is 10.7 Å². The summed E-state index contributed by atoms with van der Waals surface area (Å²) in [5.74, 6) is 0. The highest BCUT2D eigenvalue weighted by atomic mass is 35.5. The molecule has 1 heterocycles. The largest absolute Gasteiger partial charge is 0.322 e. The molecule has 2 rings (SSSR count). The minimum Gasteiger partial charge on any atom is -0.322 e. The maximum absolute atomic E-state index is 10.5. The number of nitrogens with zero attached hydrogens (tertiary/aromatic N) is 1. The molecule has 0 spiro atoms. The van der Waals surface area contributed by atoms with Gasteiger partial charge in [-0.2, -0.15) is 0 Å². The van der Waals surface area contributed by atoms with Crippen molar-refractivity contribution >= 4 is 17.9 Å². The highest BCUT2D eigenvalue weighted by Crippen LogP contribution is 2.21. The van der Waals surface area contributed by atoms with Crippen LogP contribution in [0.3, 0.4) is 0 Å². The lowest BCUT2D eigenvalue weighted by atomic mass is 10.2. The number of rotatable bonds is 2. The van der Waals surface area contributed by atoms with Crippen LogP contribution in [0, 0.1) is 0 Å². The van der Waals surface area contributed by atoms with Gasteiger partial charge in [0.15, 0.2) is 0 Å². The highest BCUT2D eigenvalue weighted by Gasteiger charge is 2.02. The maximum atomic E-state index is 10.5. The molecule has 0 aliphatic carbocycles. The first-order chi connectivity index (χ1) is 6.81. The molecule has 0 N–H and O–H groups in total. The number of carbonyl (C=O) groups is 1. The van der Waals surface area contributed by atoms with Gasteiger partial charge in [-0.25, -0.2) is 0 Å². The predicted molar refractivity (Wildman–Crippen MR) is 56.2 cm³/mol. The first kappa shape index (κ1) is 9.03. The summed E-state index contributed by atoms with van der Waals surface area (Å²) in [6, 6.07) is 9.07. The van der Waals surface area contributed by atoms with Gasteiger partial charge in [0, 0.05) is 18.0 Å². The Morgan fingerprint density at radius 3 is 2.50 bits per heavy atom. The molecule has 0 unspecified atom stereocenters. The van der Waals surface area contributed by atoms with Gasteiger partial charge in [-0.1, -0.05) is 11.6 Å². The number of carbonyl (C=O) groups excluding carboxylic acids is 1. The topological polar surface area (TPSA) is 22.0 Å². The first-order valence-corrected chi connectivity index (χ1v) is 4.57. The second kappa shape index (κ2) is 3.68. The monoisotopic (exact) mass is 205 g/mol. The van der Waals surface area contributed by atoms with E-state index < -0.39 is 0 Å². The van der Waals surface area contributed by atoms with E-state index in [4.69, 9.17) is 11.6 Å². The fourth-order valence-corrected chi connectivity index (χ4v) is 1.59. The summed E-state index contributed by atoms with van der Waals surface area (Å²) in [6.07, 6.45) is 4.59. The molecule has 0 bridgehead atoms. The second-order valence-electron chi connectivity index (χ2n) is 2.92. The van der Waals surface area contributed by atoms with Crippen LogP contribution in [0.15, 0.2) is 42.7 Å². The van der Waals surface area contributed by atoms with Gasteiger partial charge in [0.2, 0.25) is 0 Å². The lowest BCUT2D eigenvalue weighted by molar-refractivity contribution is 0.112. The molecule has 70 valence electrons. The molecule has 2 nitrogen and oxygen atoms in total. The van der Waals surface area contributed by atoms with Crippen LogP contribution in [0.5, 0.6) is 0 Å². The van der Waals surface area contributed by atoms with Crippen molar-refractivity contribution in [3.05, 3.63) is 53.3 Å². The van der Waals surface area contributed by atoms with Crippen molar-refractivity contribution in [1.29, 1.82) is 0 Å². The van der Waals surface area contributed by atoms with Gasteiger partial charge in [-0.3, -0.25) is 4.79 Å². The van der Waals surface area contributed by atoms with Gasteiger partial charge in [0.25, 0.3) is 0 Å². The first-order valence-electron chi connectivity index (χ1n) is 4.19. The second-order valence-corrected chi connectivity index (χ2v) is 3.33. The van der Waals surface area contributed by atoms with Crippen LogP contribution in [0.2, 0.25) is 5.02 Å². The van der Waals surface area contributed by atoms with Gasteiger partial charge < -0.3 is 4.57 Å². The molecule has 1 aromatic carbocycles. The number of hydrogen-bond acceptors (Lipinski definition) is 1. The van der Waals surface area contributed by atoms with Gasteiger partial charge in [0.1, 0.15) is 6.29 Å². The van der Waals surface area contributed by atoms with Crippen molar-refractivity contribution in [2.75, 3.05) is 0 Å². The molecule has 0 radical (unpaired) electrons. The average molecular weight is 206 g/mol. The number of aldehydes is 1. The van der Waals surface area contributed by atoms with Crippen molar-refractivity contribution in [1.82, 2.24) is 4.57 Å². The van der Waals surface area contributed by atoms with Crippen LogP contribution in [0.25, 0.3) is 5.69 Å². The summed E-state index contributed by atoms with van der Waals surface area (Å²) >= 11 is 6.02. The van der Waals surface area contributed by atoms with Crippen molar-refractivity contribution in [2.45, 2.75) is 0 Å². The Morgan fingerprint density at radius 1 is 1.21 bits per heavy atom. The SMILES string of the molecule is O=Cc1ccc(-n2cccc2)c(Cl)c1. The molecule has 3 heteroatoms. The lowest BCUT2D eigenvalue weighted by Crippen LogP contribution is -1.91. The smallest absolute Gasteiger partial charge is 0.150 e. The van der Waals surface area contributed by atoms with E-state index >= 15 is 0 Å². The third kappa shape index (κ3) is 1.56. The molecular weight excluding hydrogens is 198 g/mol. The Labute approximate surface area is 86.7 Å². The molecule has 0 aliphatic heterocycles. The van der Waals surface area contributed by atoms with Crippen LogP contribution >= 0.6 is 11.6 Å². The molecule has 0 saturated carbocycles. The van der Waals surface area contributed by atoms with E-state index in [9.17, 15) is 4.79 Å². The Morgan fingerprint density at radius 2 is 1.93 bits per heavy atom. The fourth-order valence-electron chi connectivity index (χ4n) is 1.30. The minimum atomic E-state index is 0.575. The standard InChI is InChI=1S/C11H8ClNO/c12-10-7-9(8-14)3-4-11(10)13-5-1-2-6-13/h1-8H. The summed E-state index contributed by atoms with van der Waals surface area (Å²) < 4.78 is 1.90. The predicted octanol–water partition coefficient (Wildman–Crippen LogP) is 2.94. The zero-order valence-corrected chi connectivity index (χ0v) is 8.11. The summed E-state index contributed by atoms with van der Waals surface area (Å²) in [4.78, 5) is 10.5. The Bertz CT molecular complexity index is 448. The minimum absolute atomic E-state index is 0.575. The normalized spacial score (nSPS) is 10.1. The quantitative estimate of drug-likeness (QED) is 0.691. The van der Waals surface area contributed by atoms with E-state index in [1.54, 1.807) is 12.1 Å². The van der Waals surface area contributed by atoms with Crippen molar-refractivity contribution < 1.29 is 4.79 Å². The van der Waals surface area contributed by atoms with Gasteiger partial charge in [-0.15, -0.1) is 0 Å². The molecule has 14 heavy (non-hydrogen) atoms. The van der Waals surface area contributed by atoms with E-state index in [1.165, 1.54) is 0 Å². The third-order valence-corrected chi connectivity index (χ3v) is 2.29. The van der Waals surface area contributed by atoms with Gasteiger partial charge >= 0.3 is 0 Å². The Balaban J connectivity index is 2.51. The molecule has 2 aromatic rings. The third-order valence-electron chi connectivity index (χ3n) is 1.99. The van der Waals surface area contributed by atoms with E-state index in [0.29, 0.717) is 10.6 Å². The molecule has 0 fully saturated rings. The van der Waals surface area contributed by atoms with E-state index in [1.807, 2.05) is 35.2 Å². The molecule has 0 saturated heterocycles. The van der Waals surface area contributed by atoms with E-state index in [-0.39, 0.29) is 0 Å². The lowest BCUT2D eigenvalue weighted by Gasteiger charge is -2.05. The van der Waals surface area contributed by atoms with Crippen LogP contribution in [0.4, 0.5) is 0 Å². The summed E-state index contributed by atoms with van der Waals surface area (Å²) in [5, 5.41) is 0.575. The maximum Gasteiger partial charge on any atom is 0.150 e. The molecule has 0 amide bonds. The number of benzene rings is 1. The molecule has 1 aromatic heterocycles. The van der Waals surface area contributed by atoms with Crippen molar-refractivity contribution in [3.63, 3.8) is 0 Å². The summed E-state index contributed by atoms with van der Waals surface area (Å²) in [5.41, 5.74) is 1.47. The Kier molecular flexibility index (Phi) is 2.37. The molecule has 0 atom stereocenters. The zero-order chi connectivity index (χ0) is 9.97. The van der Waals surface area contributed by atoms with Crippen molar-refractivity contribution in [2.24, 2.45) is 0 Å². The van der Waals surface area contributed by atoms with Gasteiger partial charge in [-0.05, 0) is 30.3 Å².